The van der Waals surface area contributed by atoms with Gasteiger partial charge in [-0.1, -0.05) is 0 Å². The van der Waals surface area contributed by atoms with Crippen LogP contribution in [0, 0.1) is 0 Å². The van der Waals surface area contributed by atoms with E-state index in [1.54, 1.807) is 0 Å². The maximum Gasteiger partial charge on any atom is 0.0702 e. The number of nitrogens with two attached hydrogens (primary N) is 1. The molecule has 2 atom stereocenters. The van der Waals surface area contributed by atoms with Crippen molar-refractivity contribution in [3.05, 3.63) is 0 Å². The van der Waals surface area contributed by atoms with Gasteiger partial charge in [0.2, 0.25) is 0 Å². The summed E-state index contributed by atoms with van der Waals surface area (Å²) in [7, 11) is 0. The molecule has 10 heavy (non-hydrogen) atoms. The van der Waals surface area contributed by atoms with Crippen LogP contribution in [-0.2, 0) is 4.74 Å². The molecule has 2 nitrogen and oxygen atoms in total. The Morgan fingerprint density at radius 2 is 1.60 bits per heavy atom. The molecule has 0 saturated heterocycles. The van der Waals surface area contributed by atoms with E-state index in [1.165, 1.54) is 0 Å². The Balaban J connectivity index is 3.68. The minimum Gasteiger partial charge on any atom is -0.371 e. The number of hydrogen-bond donors (Lipinski definition) is 1. The Bertz CT molecular complexity index is 93.9. The van der Waals surface area contributed by atoms with Crippen LogP contribution in [0.5, 0.6) is 0 Å². The van der Waals surface area contributed by atoms with Gasteiger partial charge in [-0.25, -0.2) is 0 Å². The van der Waals surface area contributed by atoms with Gasteiger partial charge < -0.3 is 10.5 Å². The summed E-state index contributed by atoms with van der Waals surface area (Å²) < 4.78 is 5.57. The summed E-state index contributed by atoms with van der Waals surface area (Å²) in [5.41, 5.74) is 5.54. The maximum absolute atomic E-state index is 5.62. The van der Waals surface area contributed by atoms with Crippen LogP contribution in [0.4, 0.5) is 0 Å². The van der Waals surface area contributed by atoms with E-state index in [0.717, 1.165) is 0 Å². The molecule has 0 radical (unpaired) electrons. The fourth-order valence-electron chi connectivity index (χ4n) is 0.665. The van der Waals surface area contributed by atoms with Gasteiger partial charge in [-0.05, 0) is 34.6 Å². The second kappa shape index (κ2) is 3.35. The van der Waals surface area contributed by atoms with Crippen molar-refractivity contribution in [3.8, 4) is 0 Å². The number of rotatable bonds is 2. The lowest BCUT2D eigenvalue weighted by Gasteiger charge is -2.27. The van der Waals surface area contributed by atoms with Crippen LogP contribution in [0.1, 0.15) is 34.6 Å². The minimum atomic E-state index is -0.0763. The van der Waals surface area contributed by atoms with Crippen molar-refractivity contribution in [3.63, 3.8) is 0 Å². The fourth-order valence-corrected chi connectivity index (χ4v) is 0.665. The zero-order valence-electron chi connectivity index (χ0n) is 7.64. The Morgan fingerprint density at radius 1 is 1.20 bits per heavy atom. The molecular formula is C8H19NO. The Hall–Kier alpha value is -0.0800. The van der Waals surface area contributed by atoms with Gasteiger partial charge in [0.25, 0.3) is 0 Å². The first kappa shape index (κ1) is 9.92. The van der Waals surface area contributed by atoms with E-state index < -0.39 is 0 Å². The molecule has 2 N–H and O–H groups in total. The first-order valence-electron chi connectivity index (χ1n) is 3.76. The molecule has 0 aromatic heterocycles. The van der Waals surface area contributed by atoms with Crippen LogP contribution in [0.3, 0.4) is 0 Å². The maximum atomic E-state index is 5.62. The topological polar surface area (TPSA) is 35.2 Å². The van der Waals surface area contributed by atoms with Crippen molar-refractivity contribution in [2.75, 3.05) is 0 Å². The average molecular weight is 145 g/mol. The molecule has 2 heteroatoms. The van der Waals surface area contributed by atoms with Gasteiger partial charge in [0, 0.05) is 6.04 Å². The molecule has 0 saturated carbocycles. The lowest BCUT2D eigenvalue weighted by atomic mass is 10.1. The smallest absolute Gasteiger partial charge is 0.0702 e. The van der Waals surface area contributed by atoms with Crippen molar-refractivity contribution in [1.29, 1.82) is 0 Å². The van der Waals surface area contributed by atoms with Crippen LogP contribution in [0.15, 0.2) is 0 Å². The number of hydrogen-bond acceptors (Lipinski definition) is 2. The predicted octanol–water partition coefficient (Wildman–Crippen LogP) is 1.54. The highest BCUT2D eigenvalue weighted by atomic mass is 16.5. The summed E-state index contributed by atoms with van der Waals surface area (Å²) in [6, 6.07) is 0.110. The van der Waals surface area contributed by atoms with E-state index in [4.69, 9.17) is 10.5 Å². The van der Waals surface area contributed by atoms with Crippen LogP contribution in [-0.4, -0.2) is 17.7 Å². The van der Waals surface area contributed by atoms with Crippen molar-refractivity contribution >= 4 is 0 Å². The first-order valence-corrected chi connectivity index (χ1v) is 3.76. The van der Waals surface area contributed by atoms with Crippen molar-refractivity contribution in [2.24, 2.45) is 5.73 Å². The van der Waals surface area contributed by atoms with Gasteiger partial charge in [-0.3, -0.25) is 0 Å². The highest BCUT2D eigenvalue weighted by Crippen LogP contribution is 2.11. The lowest BCUT2D eigenvalue weighted by molar-refractivity contribution is -0.0589. The minimum absolute atomic E-state index is 0.0763. The Kier molecular flexibility index (Phi) is 3.33. The van der Waals surface area contributed by atoms with E-state index in [0.29, 0.717) is 0 Å². The van der Waals surface area contributed by atoms with Crippen molar-refractivity contribution in [2.45, 2.75) is 52.4 Å². The van der Waals surface area contributed by atoms with Gasteiger partial charge in [0.1, 0.15) is 0 Å². The molecule has 1 unspecified atom stereocenters. The van der Waals surface area contributed by atoms with E-state index in [2.05, 4.69) is 0 Å². The molecule has 0 spiro atoms. The normalized spacial score (nSPS) is 18.6. The third kappa shape index (κ3) is 4.77. The van der Waals surface area contributed by atoms with E-state index in [9.17, 15) is 0 Å². The van der Waals surface area contributed by atoms with E-state index in [1.807, 2.05) is 34.6 Å². The van der Waals surface area contributed by atoms with Crippen LogP contribution >= 0.6 is 0 Å². The quantitative estimate of drug-likeness (QED) is 0.639. The number of ether oxygens (including phenoxy) is 1. The Labute approximate surface area is 63.7 Å². The van der Waals surface area contributed by atoms with E-state index in [-0.39, 0.29) is 17.7 Å². The molecule has 0 aromatic carbocycles. The summed E-state index contributed by atoms with van der Waals surface area (Å²) in [6.07, 6.45) is 0.139. The Morgan fingerprint density at radius 3 is 1.70 bits per heavy atom. The third-order valence-electron chi connectivity index (χ3n) is 1.28. The molecular weight excluding hydrogens is 126 g/mol. The molecule has 0 amide bonds. The van der Waals surface area contributed by atoms with Gasteiger partial charge in [0.05, 0.1) is 11.7 Å². The van der Waals surface area contributed by atoms with Crippen LogP contribution in [0.25, 0.3) is 0 Å². The largest absolute Gasteiger partial charge is 0.371 e. The second-order valence-corrected chi connectivity index (χ2v) is 3.79. The van der Waals surface area contributed by atoms with Crippen LogP contribution in [0.2, 0.25) is 0 Å². The molecule has 0 aliphatic heterocycles. The highest BCUT2D eigenvalue weighted by molar-refractivity contribution is 4.68. The SMILES string of the molecule is CC(N)[C@H](C)OC(C)(C)C. The van der Waals surface area contributed by atoms with Crippen LogP contribution < -0.4 is 5.73 Å². The predicted molar refractivity (Wildman–Crippen MR) is 43.9 cm³/mol. The molecule has 0 aliphatic rings. The molecule has 0 bridgehead atoms. The molecule has 0 fully saturated rings. The fraction of sp³-hybridized carbons (Fsp3) is 1.00. The monoisotopic (exact) mass is 145 g/mol. The van der Waals surface area contributed by atoms with Gasteiger partial charge in [-0.15, -0.1) is 0 Å². The van der Waals surface area contributed by atoms with E-state index >= 15 is 0 Å². The van der Waals surface area contributed by atoms with Gasteiger partial charge in [0.15, 0.2) is 0 Å². The second-order valence-electron chi connectivity index (χ2n) is 3.79. The summed E-state index contributed by atoms with van der Waals surface area (Å²) in [5.74, 6) is 0. The average Bonchev–Trinajstić information content (AvgIpc) is 1.60. The summed E-state index contributed by atoms with van der Waals surface area (Å²) in [4.78, 5) is 0. The summed E-state index contributed by atoms with van der Waals surface area (Å²) >= 11 is 0. The molecule has 0 heterocycles. The van der Waals surface area contributed by atoms with Crippen molar-refractivity contribution in [1.82, 2.24) is 0 Å². The first-order chi connectivity index (χ1) is 4.33. The highest BCUT2D eigenvalue weighted by Gasteiger charge is 2.17. The molecule has 62 valence electrons. The summed E-state index contributed by atoms with van der Waals surface area (Å²) in [5, 5.41) is 0. The molecule has 0 aromatic rings. The zero-order valence-corrected chi connectivity index (χ0v) is 7.64. The van der Waals surface area contributed by atoms with Gasteiger partial charge >= 0.3 is 0 Å². The lowest BCUT2D eigenvalue weighted by Crippen LogP contribution is -2.37. The third-order valence-corrected chi connectivity index (χ3v) is 1.28. The standard InChI is InChI=1S/C8H19NO/c1-6(9)7(2)10-8(3,4)5/h6-7H,9H2,1-5H3/t6?,7-/m0/s1. The zero-order chi connectivity index (χ0) is 8.36. The van der Waals surface area contributed by atoms with Crippen molar-refractivity contribution < 1.29 is 4.74 Å². The van der Waals surface area contributed by atoms with Gasteiger partial charge in [-0.2, -0.15) is 0 Å². The molecule has 0 rings (SSSR count). The summed E-state index contributed by atoms with van der Waals surface area (Å²) in [6.45, 7) is 10.1. The molecule has 0 aliphatic carbocycles.